The summed E-state index contributed by atoms with van der Waals surface area (Å²) in [5.74, 6) is 0. The van der Waals surface area contributed by atoms with E-state index in [9.17, 15) is 10.2 Å². The zero-order valence-electron chi connectivity index (χ0n) is 10.6. The maximum absolute atomic E-state index is 9.82. The van der Waals surface area contributed by atoms with Gasteiger partial charge in [-0.3, -0.25) is 0 Å². The Morgan fingerprint density at radius 2 is 1.95 bits per heavy atom. The van der Waals surface area contributed by atoms with Gasteiger partial charge in [0.25, 0.3) is 0 Å². The van der Waals surface area contributed by atoms with E-state index >= 15 is 0 Å². The Bertz CT molecular complexity index is 552. The number of aromatic nitrogens is 1. The first-order chi connectivity index (χ1) is 9.11. The van der Waals surface area contributed by atoms with Crippen molar-refractivity contribution in [3.05, 3.63) is 50.4 Å². The van der Waals surface area contributed by atoms with Crippen molar-refractivity contribution in [2.45, 2.75) is 18.8 Å². The Hall–Kier alpha value is -0.750. The number of nitrogens with zero attached hydrogens (tertiary/aromatic N) is 1. The quantitative estimate of drug-likeness (QED) is 0.878. The number of benzene rings is 1. The van der Waals surface area contributed by atoms with Crippen molar-refractivity contribution in [3.63, 3.8) is 0 Å². The fourth-order valence-electron chi connectivity index (χ4n) is 2.09. The lowest BCUT2D eigenvalue weighted by Gasteiger charge is -2.30. The number of aryl methyl sites for hydroxylation is 1. The molecule has 1 aromatic carbocycles. The summed E-state index contributed by atoms with van der Waals surface area (Å²) in [5.41, 5.74) is 1.18. The molecule has 5 heteroatoms. The first-order valence-electron chi connectivity index (χ1n) is 5.99. The normalized spacial score (nSPS) is 11.8. The highest BCUT2D eigenvalue weighted by Crippen LogP contribution is 2.33. The zero-order valence-corrected chi connectivity index (χ0v) is 13.0. The fourth-order valence-corrected chi connectivity index (χ4v) is 3.71. The molecule has 1 heterocycles. The predicted molar refractivity (Wildman–Crippen MR) is 80.5 cm³/mol. The summed E-state index contributed by atoms with van der Waals surface area (Å²) < 4.78 is 0.895. The van der Waals surface area contributed by atoms with Crippen LogP contribution in [-0.4, -0.2) is 28.4 Å². The minimum atomic E-state index is -0.704. The topological polar surface area (TPSA) is 53.4 Å². The molecule has 0 aliphatic carbocycles. The van der Waals surface area contributed by atoms with Crippen LogP contribution in [0.3, 0.4) is 0 Å². The van der Waals surface area contributed by atoms with Gasteiger partial charge in [0.1, 0.15) is 0 Å². The molecule has 0 saturated heterocycles. The van der Waals surface area contributed by atoms with E-state index < -0.39 is 5.41 Å². The molecule has 0 amide bonds. The summed E-state index contributed by atoms with van der Waals surface area (Å²) in [6.07, 6.45) is 0.529. The first-order valence-corrected chi connectivity index (χ1v) is 7.66. The number of aliphatic hydroxyl groups is 2. The summed E-state index contributed by atoms with van der Waals surface area (Å²) in [4.78, 5) is 4.43. The highest BCUT2D eigenvalue weighted by molar-refractivity contribution is 9.10. The molecular weight excluding hydrogens is 326 g/mol. The third kappa shape index (κ3) is 3.05. The highest BCUT2D eigenvalue weighted by atomic mass is 79.9. The fraction of sp³-hybridized carbons (Fsp3) is 0.357. The number of hydrogen-bond donors (Lipinski definition) is 2. The lowest BCUT2D eigenvalue weighted by Crippen LogP contribution is -2.37. The van der Waals surface area contributed by atoms with E-state index in [1.54, 1.807) is 11.3 Å². The molecule has 19 heavy (non-hydrogen) atoms. The number of halogens is 1. The number of rotatable bonds is 5. The maximum Gasteiger partial charge on any atom is 0.0938 e. The Morgan fingerprint density at radius 1 is 1.26 bits per heavy atom. The van der Waals surface area contributed by atoms with Gasteiger partial charge in [-0.1, -0.05) is 34.1 Å². The monoisotopic (exact) mass is 341 g/mol. The Balaban J connectivity index is 2.40. The van der Waals surface area contributed by atoms with Crippen LogP contribution >= 0.6 is 27.3 Å². The van der Waals surface area contributed by atoms with Crippen LogP contribution in [0.5, 0.6) is 0 Å². The average Bonchev–Trinajstić information content (AvgIpc) is 2.82. The van der Waals surface area contributed by atoms with Gasteiger partial charge in [-0.2, -0.15) is 0 Å². The molecular formula is C14H16BrNO2S. The molecule has 0 radical (unpaired) electrons. The Morgan fingerprint density at radius 3 is 2.47 bits per heavy atom. The molecule has 0 fully saturated rings. The van der Waals surface area contributed by atoms with Gasteiger partial charge in [0.2, 0.25) is 0 Å². The van der Waals surface area contributed by atoms with Crippen LogP contribution in [0, 0.1) is 6.92 Å². The van der Waals surface area contributed by atoms with E-state index in [1.165, 1.54) is 0 Å². The highest BCUT2D eigenvalue weighted by Gasteiger charge is 2.34. The van der Waals surface area contributed by atoms with Gasteiger partial charge in [0, 0.05) is 27.4 Å². The van der Waals surface area contributed by atoms with Crippen molar-refractivity contribution in [2.75, 3.05) is 13.2 Å². The molecule has 0 unspecified atom stereocenters. The molecule has 0 bridgehead atoms. The van der Waals surface area contributed by atoms with Gasteiger partial charge in [0.05, 0.1) is 18.2 Å². The van der Waals surface area contributed by atoms with E-state index in [4.69, 9.17) is 0 Å². The average molecular weight is 342 g/mol. The molecule has 0 aliphatic heterocycles. The SMILES string of the molecule is Cc1csc(CC(CO)(CO)c2ccccc2Br)n1. The summed E-state index contributed by atoms with van der Waals surface area (Å²) >= 11 is 5.05. The molecule has 0 atom stereocenters. The van der Waals surface area contributed by atoms with E-state index in [-0.39, 0.29) is 13.2 Å². The number of hydrogen-bond acceptors (Lipinski definition) is 4. The zero-order chi connectivity index (χ0) is 13.9. The van der Waals surface area contributed by atoms with Gasteiger partial charge in [0.15, 0.2) is 0 Å². The smallest absolute Gasteiger partial charge is 0.0938 e. The van der Waals surface area contributed by atoms with E-state index in [1.807, 2.05) is 36.6 Å². The van der Waals surface area contributed by atoms with Gasteiger partial charge in [-0.05, 0) is 18.6 Å². The molecule has 0 aliphatic rings. The van der Waals surface area contributed by atoms with Crippen LogP contribution in [0.25, 0.3) is 0 Å². The van der Waals surface area contributed by atoms with Crippen LogP contribution in [0.15, 0.2) is 34.1 Å². The van der Waals surface area contributed by atoms with Gasteiger partial charge >= 0.3 is 0 Å². The van der Waals surface area contributed by atoms with Crippen molar-refractivity contribution in [2.24, 2.45) is 0 Å². The standard InChI is InChI=1S/C14H16BrNO2S/c1-10-7-19-13(16-10)6-14(8-17,9-18)11-4-2-3-5-12(11)15/h2-5,7,17-18H,6,8-9H2,1H3. The summed E-state index contributed by atoms with van der Waals surface area (Å²) in [6, 6.07) is 7.67. The maximum atomic E-state index is 9.82. The molecule has 0 saturated carbocycles. The lowest BCUT2D eigenvalue weighted by atomic mass is 9.79. The summed E-state index contributed by atoms with van der Waals surface area (Å²) in [5, 5.41) is 22.5. The molecule has 2 N–H and O–H groups in total. The van der Waals surface area contributed by atoms with Crippen molar-refractivity contribution in [1.29, 1.82) is 0 Å². The molecule has 3 nitrogen and oxygen atoms in total. The number of aliphatic hydroxyl groups excluding tert-OH is 2. The Labute approximate surface area is 125 Å². The number of thiazole rings is 1. The third-order valence-corrected chi connectivity index (χ3v) is 4.86. The van der Waals surface area contributed by atoms with Crippen LogP contribution in [-0.2, 0) is 11.8 Å². The van der Waals surface area contributed by atoms with E-state index in [2.05, 4.69) is 20.9 Å². The minimum Gasteiger partial charge on any atom is -0.395 e. The van der Waals surface area contributed by atoms with Crippen LogP contribution in [0.2, 0.25) is 0 Å². The molecule has 1 aromatic heterocycles. The molecule has 2 aromatic rings. The second-order valence-electron chi connectivity index (χ2n) is 4.64. The van der Waals surface area contributed by atoms with Crippen molar-refractivity contribution in [1.82, 2.24) is 4.98 Å². The van der Waals surface area contributed by atoms with Gasteiger partial charge < -0.3 is 10.2 Å². The third-order valence-electron chi connectivity index (χ3n) is 3.21. The van der Waals surface area contributed by atoms with Crippen LogP contribution < -0.4 is 0 Å². The summed E-state index contributed by atoms with van der Waals surface area (Å²) in [6.45, 7) is 1.70. The van der Waals surface area contributed by atoms with Gasteiger partial charge in [-0.25, -0.2) is 4.98 Å². The molecule has 0 spiro atoms. The second kappa shape index (κ2) is 6.13. The first kappa shape index (κ1) is 14.7. The predicted octanol–water partition coefficient (Wildman–Crippen LogP) is 2.68. The largest absolute Gasteiger partial charge is 0.395 e. The van der Waals surface area contributed by atoms with Crippen LogP contribution in [0.1, 0.15) is 16.3 Å². The second-order valence-corrected chi connectivity index (χ2v) is 6.43. The van der Waals surface area contributed by atoms with E-state index in [0.717, 1.165) is 20.7 Å². The van der Waals surface area contributed by atoms with E-state index in [0.29, 0.717) is 6.42 Å². The molecule has 2 rings (SSSR count). The van der Waals surface area contributed by atoms with Gasteiger partial charge in [-0.15, -0.1) is 11.3 Å². The van der Waals surface area contributed by atoms with Crippen molar-refractivity contribution in [3.8, 4) is 0 Å². The summed E-state index contributed by atoms with van der Waals surface area (Å²) in [7, 11) is 0. The minimum absolute atomic E-state index is 0.120. The molecule has 102 valence electrons. The van der Waals surface area contributed by atoms with Crippen molar-refractivity contribution < 1.29 is 10.2 Å². The van der Waals surface area contributed by atoms with Crippen LogP contribution in [0.4, 0.5) is 0 Å². The lowest BCUT2D eigenvalue weighted by molar-refractivity contribution is 0.115. The Kier molecular flexibility index (Phi) is 4.73. The van der Waals surface area contributed by atoms with Crippen molar-refractivity contribution >= 4 is 27.3 Å².